The van der Waals surface area contributed by atoms with Crippen LogP contribution in [0.4, 0.5) is 0 Å². The molecule has 1 heterocycles. The van der Waals surface area contributed by atoms with Gasteiger partial charge in [0.25, 0.3) is 0 Å². The molecule has 1 aliphatic heterocycles. The van der Waals surface area contributed by atoms with Crippen LogP contribution in [0.25, 0.3) is 0 Å². The summed E-state index contributed by atoms with van der Waals surface area (Å²) in [5.74, 6) is 2.09. The molecule has 0 aromatic heterocycles. The van der Waals surface area contributed by atoms with Crippen LogP contribution in [0.2, 0.25) is 0 Å². The molecule has 15 heavy (non-hydrogen) atoms. The van der Waals surface area contributed by atoms with Crippen molar-refractivity contribution in [2.45, 2.75) is 12.8 Å². The van der Waals surface area contributed by atoms with Crippen molar-refractivity contribution in [3.05, 3.63) is 41.2 Å². The lowest BCUT2D eigenvalue weighted by Crippen LogP contribution is -2.15. The Morgan fingerprint density at radius 3 is 2.80 bits per heavy atom. The molecule has 0 aliphatic carbocycles. The van der Waals surface area contributed by atoms with Gasteiger partial charge in [-0.1, -0.05) is 12.1 Å². The van der Waals surface area contributed by atoms with Crippen molar-refractivity contribution in [1.82, 2.24) is 5.32 Å². The first-order valence-electron chi connectivity index (χ1n) is 5.06. The number of aryl methyl sites for hydroxylation is 1. The van der Waals surface area contributed by atoms with Gasteiger partial charge in [0.15, 0.2) is 0 Å². The molecular formula is C12H16N2O. The maximum Gasteiger partial charge on any atom is 0.121 e. The second kappa shape index (κ2) is 3.85. The molecule has 0 saturated heterocycles. The first-order chi connectivity index (χ1) is 7.20. The summed E-state index contributed by atoms with van der Waals surface area (Å²) in [6, 6.07) is 6.25. The fraction of sp³-hybridized carbons (Fsp3) is 0.333. The Labute approximate surface area is 89.9 Å². The van der Waals surface area contributed by atoms with Crippen LogP contribution in [0.3, 0.4) is 0 Å². The van der Waals surface area contributed by atoms with Gasteiger partial charge in [0.2, 0.25) is 0 Å². The summed E-state index contributed by atoms with van der Waals surface area (Å²) >= 11 is 0. The van der Waals surface area contributed by atoms with Crippen LogP contribution in [0.15, 0.2) is 30.1 Å². The van der Waals surface area contributed by atoms with Gasteiger partial charge >= 0.3 is 0 Å². The van der Waals surface area contributed by atoms with E-state index in [1.165, 1.54) is 5.56 Å². The predicted octanol–water partition coefficient (Wildman–Crippen LogP) is 1.49. The molecule has 0 fully saturated rings. The van der Waals surface area contributed by atoms with E-state index in [2.05, 4.69) is 30.4 Å². The monoisotopic (exact) mass is 204 g/mol. The largest absolute Gasteiger partial charge is 0.496 e. The molecule has 0 bridgehead atoms. The fourth-order valence-electron chi connectivity index (χ4n) is 1.91. The van der Waals surface area contributed by atoms with Crippen molar-refractivity contribution >= 4 is 0 Å². The standard InChI is InChI=1S/C12H16N2O/c1-8-5-9(3-4-11(8)15-2)10-6-12(13)14-7-10/h3-6,10,14H,7,13H2,1-2H3/t10-/m1/s1. The lowest BCUT2D eigenvalue weighted by Gasteiger charge is -2.10. The van der Waals surface area contributed by atoms with E-state index in [1.54, 1.807) is 7.11 Å². The van der Waals surface area contributed by atoms with E-state index in [0.717, 1.165) is 23.7 Å². The molecule has 2 rings (SSSR count). The highest BCUT2D eigenvalue weighted by atomic mass is 16.5. The summed E-state index contributed by atoms with van der Waals surface area (Å²) in [5.41, 5.74) is 8.12. The average Bonchev–Trinajstić information content (AvgIpc) is 2.65. The smallest absolute Gasteiger partial charge is 0.121 e. The summed E-state index contributed by atoms with van der Waals surface area (Å²) in [4.78, 5) is 0. The van der Waals surface area contributed by atoms with Crippen molar-refractivity contribution in [2.75, 3.05) is 13.7 Å². The number of nitrogens with one attached hydrogen (secondary N) is 1. The van der Waals surface area contributed by atoms with Crippen LogP contribution < -0.4 is 15.8 Å². The van der Waals surface area contributed by atoms with E-state index in [-0.39, 0.29) is 0 Å². The third-order valence-corrected chi connectivity index (χ3v) is 2.75. The molecule has 1 aliphatic rings. The lowest BCUT2D eigenvalue weighted by atomic mass is 9.98. The van der Waals surface area contributed by atoms with Crippen molar-refractivity contribution < 1.29 is 4.74 Å². The Bertz CT molecular complexity index is 399. The maximum absolute atomic E-state index is 5.68. The maximum atomic E-state index is 5.68. The van der Waals surface area contributed by atoms with E-state index in [4.69, 9.17) is 10.5 Å². The fourth-order valence-corrected chi connectivity index (χ4v) is 1.91. The van der Waals surface area contributed by atoms with E-state index >= 15 is 0 Å². The van der Waals surface area contributed by atoms with Gasteiger partial charge in [-0.05, 0) is 30.2 Å². The SMILES string of the molecule is COc1ccc([C@@H]2C=C(N)NC2)cc1C. The zero-order chi connectivity index (χ0) is 10.8. The first kappa shape index (κ1) is 9.90. The van der Waals surface area contributed by atoms with E-state index in [0.29, 0.717) is 5.92 Å². The quantitative estimate of drug-likeness (QED) is 0.767. The van der Waals surface area contributed by atoms with E-state index in [1.807, 2.05) is 6.07 Å². The summed E-state index contributed by atoms with van der Waals surface area (Å²) in [5, 5.41) is 3.12. The number of ether oxygens (including phenoxy) is 1. The molecule has 3 N–H and O–H groups in total. The third kappa shape index (κ3) is 1.91. The number of benzene rings is 1. The Morgan fingerprint density at radius 1 is 1.47 bits per heavy atom. The van der Waals surface area contributed by atoms with E-state index in [9.17, 15) is 0 Å². The van der Waals surface area contributed by atoms with Crippen molar-refractivity contribution in [2.24, 2.45) is 5.73 Å². The lowest BCUT2D eigenvalue weighted by molar-refractivity contribution is 0.411. The van der Waals surface area contributed by atoms with Crippen molar-refractivity contribution in [3.8, 4) is 5.75 Å². The van der Waals surface area contributed by atoms with Crippen LogP contribution in [-0.4, -0.2) is 13.7 Å². The number of methoxy groups -OCH3 is 1. The van der Waals surface area contributed by atoms with Crippen molar-refractivity contribution in [1.29, 1.82) is 0 Å². The van der Waals surface area contributed by atoms with Gasteiger partial charge in [-0.2, -0.15) is 0 Å². The Balaban J connectivity index is 2.27. The van der Waals surface area contributed by atoms with Gasteiger partial charge in [-0.25, -0.2) is 0 Å². The molecular weight excluding hydrogens is 188 g/mol. The van der Waals surface area contributed by atoms with Crippen LogP contribution in [0, 0.1) is 6.92 Å². The zero-order valence-corrected chi connectivity index (χ0v) is 9.08. The summed E-state index contributed by atoms with van der Waals surface area (Å²) in [6.45, 7) is 2.94. The Kier molecular flexibility index (Phi) is 2.54. The predicted molar refractivity (Wildman–Crippen MR) is 60.7 cm³/mol. The normalized spacial score (nSPS) is 19.6. The molecule has 1 atom stereocenters. The second-order valence-corrected chi connectivity index (χ2v) is 3.84. The second-order valence-electron chi connectivity index (χ2n) is 3.84. The van der Waals surface area contributed by atoms with Gasteiger partial charge in [0.05, 0.1) is 12.9 Å². The van der Waals surface area contributed by atoms with Gasteiger partial charge in [-0.15, -0.1) is 0 Å². The molecule has 0 saturated carbocycles. The molecule has 0 unspecified atom stereocenters. The highest BCUT2D eigenvalue weighted by Crippen LogP contribution is 2.26. The molecule has 0 spiro atoms. The van der Waals surface area contributed by atoms with E-state index < -0.39 is 0 Å². The average molecular weight is 204 g/mol. The highest BCUT2D eigenvalue weighted by Gasteiger charge is 2.15. The molecule has 1 aromatic carbocycles. The highest BCUT2D eigenvalue weighted by molar-refractivity contribution is 5.39. The topological polar surface area (TPSA) is 47.3 Å². The number of hydrogen-bond donors (Lipinski definition) is 2. The molecule has 3 heteroatoms. The van der Waals surface area contributed by atoms with Crippen molar-refractivity contribution in [3.63, 3.8) is 0 Å². The van der Waals surface area contributed by atoms with Gasteiger partial charge in [0.1, 0.15) is 5.75 Å². The van der Waals surface area contributed by atoms with Crippen LogP contribution in [0.5, 0.6) is 5.75 Å². The third-order valence-electron chi connectivity index (χ3n) is 2.75. The Morgan fingerprint density at radius 2 is 2.27 bits per heavy atom. The molecule has 1 aromatic rings. The summed E-state index contributed by atoms with van der Waals surface area (Å²) < 4.78 is 5.23. The molecule has 80 valence electrons. The minimum Gasteiger partial charge on any atom is -0.496 e. The van der Waals surface area contributed by atoms with Gasteiger partial charge in [0, 0.05) is 12.5 Å². The minimum absolute atomic E-state index is 0.384. The number of hydrogen-bond acceptors (Lipinski definition) is 3. The molecule has 3 nitrogen and oxygen atoms in total. The van der Waals surface area contributed by atoms with Gasteiger partial charge in [-0.3, -0.25) is 0 Å². The summed E-state index contributed by atoms with van der Waals surface area (Å²) in [6.07, 6.45) is 2.06. The molecule has 0 radical (unpaired) electrons. The first-order valence-corrected chi connectivity index (χ1v) is 5.06. The van der Waals surface area contributed by atoms with Crippen LogP contribution in [0.1, 0.15) is 17.0 Å². The van der Waals surface area contributed by atoms with Crippen LogP contribution >= 0.6 is 0 Å². The number of nitrogens with two attached hydrogens (primary N) is 1. The summed E-state index contributed by atoms with van der Waals surface area (Å²) in [7, 11) is 1.69. The van der Waals surface area contributed by atoms with Crippen LogP contribution in [-0.2, 0) is 0 Å². The number of rotatable bonds is 2. The Hall–Kier alpha value is -1.64. The minimum atomic E-state index is 0.384. The zero-order valence-electron chi connectivity index (χ0n) is 9.08. The molecule has 0 amide bonds. The van der Waals surface area contributed by atoms with Gasteiger partial charge < -0.3 is 15.8 Å².